The first-order chi connectivity index (χ1) is 16.2. The Morgan fingerprint density at radius 3 is 2.53 bits per heavy atom. The van der Waals surface area contributed by atoms with Crippen molar-refractivity contribution in [3.8, 4) is 28.4 Å². The topological polar surface area (TPSA) is 66.0 Å². The molecule has 11 heteroatoms. The summed E-state index contributed by atoms with van der Waals surface area (Å²) >= 11 is 0. The molecule has 3 aliphatic rings. The molecule has 1 aliphatic carbocycles. The molecule has 0 atom stereocenters. The number of benzene rings is 1. The molecular weight excluding hydrogens is 459 g/mol. The number of pyridine rings is 1. The molecule has 1 aromatic heterocycles. The van der Waals surface area contributed by atoms with Crippen LogP contribution in [-0.4, -0.2) is 26.1 Å². The number of halogens is 5. The smallest absolute Gasteiger partial charge is 0.406 e. The van der Waals surface area contributed by atoms with Crippen molar-refractivity contribution >= 4 is 5.57 Å². The molecule has 0 spiro atoms. The van der Waals surface area contributed by atoms with Crippen molar-refractivity contribution in [1.82, 2.24) is 19.7 Å². The van der Waals surface area contributed by atoms with Crippen LogP contribution in [0.25, 0.3) is 28.2 Å². The van der Waals surface area contributed by atoms with Crippen LogP contribution in [0.1, 0.15) is 24.4 Å². The van der Waals surface area contributed by atoms with Gasteiger partial charge in [-0.1, -0.05) is 11.2 Å². The monoisotopic (exact) mass is 474 g/mol. The number of rotatable bonds is 5. The summed E-state index contributed by atoms with van der Waals surface area (Å²) in [7, 11) is 0. The van der Waals surface area contributed by atoms with Crippen molar-refractivity contribution in [1.29, 1.82) is 0 Å². The number of alkyl halides is 3. The van der Waals surface area contributed by atoms with Gasteiger partial charge in [-0.05, 0) is 36.8 Å². The van der Waals surface area contributed by atoms with Crippen LogP contribution < -0.4 is 4.74 Å². The van der Waals surface area contributed by atoms with Crippen LogP contribution in [0.4, 0.5) is 22.0 Å². The van der Waals surface area contributed by atoms with Crippen molar-refractivity contribution in [2.75, 3.05) is 0 Å². The Labute approximate surface area is 189 Å². The molecule has 1 aromatic carbocycles. The second-order valence-electron chi connectivity index (χ2n) is 7.56. The van der Waals surface area contributed by atoms with Crippen LogP contribution in [0.5, 0.6) is 5.75 Å². The fourth-order valence-corrected chi connectivity index (χ4v) is 3.58. The van der Waals surface area contributed by atoms with Gasteiger partial charge in [0.25, 0.3) is 0 Å². The van der Waals surface area contributed by atoms with Crippen LogP contribution in [0.3, 0.4) is 0 Å². The summed E-state index contributed by atoms with van der Waals surface area (Å²) in [5.74, 6) is -1.45. The molecule has 34 heavy (non-hydrogen) atoms. The lowest BCUT2D eigenvalue weighted by molar-refractivity contribution is -0.274. The molecule has 0 saturated carbocycles. The Morgan fingerprint density at radius 1 is 1.00 bits per heavy atom. The molecule has 0 bridgehead atoms. The van der Waals surface area contributed by atoms with Gasteiger partial charge in [-0.3, -0.25) is 0 Å². The van der Waals surface area contributed by atoms with E-state index in [1.54, 1.807) is 35.2 Å². The minimum atomic E-state index is -4.76. The number of allylic oxidation sites excluding steroid dienone is 4. The first-order valence-corrected chi connectivity index (χ1v) is 10.2. The van der Waals surface area contributed by atoms with E-state index < -0.39 is 18.0 Å². The Hall–Kier alpha value is -4.02. The molecule has 0 N–H and O–H groups in total. The summed E-state index contributed by atoms with van der Waals surface area (Å²) in [5.41, 5.74) is 2.08. The van der Waals surface area contributed by atoms with E-state index in [2.05, 4.69) is 19.9 Å². The molecule has 0 fully saturated rings. The highest BCUT2D eigenvalue weighted by atomic mass is 19.4. The first kappa shape index (κ1) is 21.8. The maximum absolute atomic E-state index is 14.1. The summed E-state index contributed by atoms with van der Waals surface area (Å²) in [6.07, 6.45) is 0.652. The van der Waals surface area contributed by atoms with E-state index in [1.807, 2.05) is 0 Å². The van der Waals surface area contributed by atoms with Gasteiger partial charge in [-0.2, -0.15) is 0 Å². The minimum absolute atomic E-state index is 0.0280. The third-order valence-corrected chi connectivity index (χ3v) is 5.14. The standard InChI is InChI=1S/C23H15F5N4O2/c24-17-3-1-2-16(21(17)25)22-29-18-8-9-32(12-20(18)30-22)11-15-10-19(31-34-15)13-4-6-14(7-5-13)33-23(26,27)28/h2,4-10,12H,1,3,11H2. The molecule has 174 valence electrons. The molecule has 6 nitrogen and oxygen atoms in total. The third-order valence-electron chi connectivity index (χ3n) is 5.14. The summed E-state index contributed by atoms with van der Waals surface area (Å²) in [6, 6.07) is 8.63. The molecule has 3 heterocycles. The number of aromatic nitrogens is 4. The summed E-state index contributed by atoms with van der Waals surface area (Å²) in [4.78, 5) is 8.62. The lowest BCUT2D eigenvalue weighted by Crippen LogP contribution is -2.16. The third kappa shape index (κ3) is 4.54. The zero-order chi connectivity index (χ0) is 23.9. The van der Waals surface area contributed by atoms with Crippen LogP contribution in [0, 0.1) is 0 Å². The van der Waals surface area contributed by atoms with Gasteiger partial charge in [0.2, 0.25) is 0 Å². The van der Waals surface area contributed by atoms with E-state index in [0.717, 1.165) is 0 Å². The summed E-state index contributed by atoms with van der Waals surface area (Å²) in [6.45, 7) is 0.284. The average Bonchev–Trinajstić information content (AvgIpc) is 3.42. The molecule has 2 aromatic rings. The van der Waals surface area contributed by atoms with Gasteiger partial charge in [0.15, 0.2) is 17.4 Å². The molecule has 0 radical (unpaired) electrons. The molecule has 0 amide bonds. The van der Waals surface area contributed by atoms with Gasteiger partial charge < -0.3 is 13.8 Å². The SMILES string of the molecule is FC1=C(F)C(c2nc3ccn(Cc4cc(-c5ccc(OC(F)(F)F)cc5)no4)cc-3n2)=CCC1. The fourth-order valence-electron chi connectivity index (χ4n) is 3.58. The summed E-state index contributed by atoms with van der Waals surface area (Å²) in [5, 5.41) is 3.96. The quantitative estimate of drug-likeness (QED) is 0.317. The van der Waals surface area contributed by atoms with Crippen molar-refractivity contribution in [2.24, 2.45) is 0 Å². The lowest BCUT2D eigenvalue weighted by Gasteiger charge is -2.08. The van der Waals surface area contributed by atoms with E-state index >= 15 is 0 Å². The van der Waals surface area contributed by atoms with Crippen molar-refractivity contribution in [3.63, 3.8) is 0 Å². The van der Waals surface area contributed by atoms with E-state index in [9.17, 15) is 22.0 Å². The highest BCUT2D eigenvalue weighted by Gasteiger charge is 2.31. The van der Waals surface area contributed by atoms with Crippen molar-refractivity contribution < 1.29 is 31.2 Å². The molecule has 2 aliphatic heterocycles. The lowest BCUT2D eigenvalue weighted by atomic mass is 10.0. The number of fused-ring (bicyclic) bond motifs is 1. The zero-order valence-electron chi connectivity index (χ0n) is 17.3. The predicted molar refractivity (Wildman–Crippen MR) is 111 cm³/mol. The van der Waals surface area contributed by atoms with Gasteiger partial charge in [0.05, 0.1) is 17.8 Å². The van der Waals surface area contributed by atoms with E-state index in [-0.39, 0.29) is 30.1 Å². The second kappa shape index (κ2) is 8.40. The van der Waals surface area contributed by atoms with Gasteiger partial charge >= 0.3 is 6.36 Å². The number of hydrogen-bond donors (Lipinski definition) is 0. The number of imidazole rings is 1. The predicted octanol–water partition coefficient (Wildman–Crippen LogP) is 6.31. The number of hydrogen-bond acceptors (Lipinski definition) is 5. The number of ether oxygens (including phenoxy) is 1. The second-order valence-corrected chi connectivity index (χ2v) is 7.56. The Bertz CT molecular complexity index is 1370. The largest absolute Gasteiger partial charge is 0.573 e. The minimum Gasteiger partial charge on any atom is -0.406 e. The fraction of sp³-hybridized carbons (Fsp3) is 0.174. The maximum atomic E-state index is 14.1. The van der Waals surface area contributed by atoms with Gasteiger partial charge in [0.1, 0.15) is 23.0 Å². The molecule has 0 saturated heterocycles. The van der Waals surface area contributed by atoms with E-state index in [1.165, 1.54) is 24.3 Å². The van der Waals surface area contributed by atoms with Crippen LogP contribution in [0.15, 0.2) is 71.0 Å². The van der Waals surface area contributed by atoms with Crippen LogP contribution in [-0.2, 0) is 6.54 Å². The van der Waals surface area contributed by atoms with E-state index in [4.69, 9.17) is 4.52 Å². The Morgan fingerprint density at radius 2 is 1.76 bits per heavy atom. The van der Waals surface area contributed by atoms with Gasteiger partial charge in [-0.15, -0.1) is 13.2 Å². The molecule has 5 rings (SSSR count). The average molecular weight is 474 g/mol. The van der Waals surface area contributed by atoms with Crippen LogP contribution >= 0.6 is 0 Å². The van der Waals surface area contributed by atoms with Gasteiger partial charge in [0, 0.05) is 30.4 Å². The highest BCUT2D eigenvalue weighted by molar-refractivity contribution is 5.77. The van der Waals surface area contributed by atoms with Crippen molar-refractivity contribution in [3.05, 3.63) is 78.1 Å². The van der Waals surface area contributed by atoms with Crippen LogP contribution in [0.2, 0.25) is 0 Å². The molecule has 0 unspecified atom stereocenters. The summed E-state index contributed by atoms with van der Waals surface area (Å²) < 4.78 is 75.6. The highest BCUT2D eigenvalue weighted by Crippen LogP contribution is 2.34. The molecular formula is C23H15F5N4O2. The maximum Gasteiger partial charge on any atom is 0.573 e. The Kier molecular flexibility index (Phi) is 5.39. The van der Waals surface area contributed by atoms with E-state index in [0.29, 0.717) is 34.8 Å². The Balaban J connectivity index is 1.33. The zero-order valence-corrected chi connectivity index (χ0v) is 17.3. The normalized spacial score (nSPS) is 14.6. The van der Waals surface area contributed by atoms with Gasteiger partial charge in [-0.25, -0.2) is 18.7 Å². The van der Waals surface area contributed by atoms with Crippen molar-refractivity contribution in [2.45, 2.75) is 25.7 Å². The first-order valence-electron chi connectivity index (χ1n) is 10.2. The number of nitrogens with zero attached hydrogens (tertiary/aromatic N) is 4.